The van der Waals surface area contributed by atoms with Crippen molar-refractivity contribution in [1.82, 2.24) is 19.8 Å². The van der Waals surface area contributed by atoms with Gasteiger partial charge in [0.2, 0.25) is 0 Å². The standard InChI is InChI=1S/C13H11FN4O/c1-19-8-13-16-15-12-6-5-11(17-18(12)13)9-3-2-4-10(14)7-9/h2-7H,8H2,1H3. The van der Waals surface area contributed by atoms with Crippen molar-refractivity contribution >= 4 is 5.65 Å². The fourth-order valence-corrected chi connectivity index (χ4v) is 1.85. The second-order valence-electron chi connectivity index (χ2n) is 4.05. The molecule has 1 aromatic carbocycles. The highest BCUT2D eigenvalue weighted by Crippen LogP contribution is 2.18. The summed E-state index contributed by atoms with van der Waals surface area (Å²) in [4.78, 5) is 0. The zero-order chi connectivity index (χ0) is 13.2. The lowest BCUT2D eigenvalue weighted by atomic mass is 10.1. The number of ether oxygens (including phenoxy) is 1. The van der Waals surface area contributed by atoms with Gasteiger partial charge >= 0.3 is 0 Å². The second kappa shape index (κ2) is 4.74. The van der Waals surface area contributed by atoms with Gasteiger partial charge in [-0.05, 0) is 24.3 Å². The first kappa shape index (κ1) is 11.7. The molecule has 0 radical (unpaired) electrons. The first-order chi connectivity index (χ1) is 9.28. The molecule has 0 spiro atoms. The Balaban J connectivity index is 2.12. The van der Waals surface area contributed by atoms with Crippen molar-refractivity contribution < 1.29 is 9.13 Å². The van der Waals surface area contributed by atoms with Crippen molar-refractivity contribution in [2.75, 3.05) is 7.11 Å². The van der Waals surface area contributed by atoms with E-state index in [0.29, 0.717) is 29.3 Å². The van der Waals surface area contributed by atoms with Gasteiger partial charge in [0.25, 0.3) is 0 Å². The molecule has 96 valence electrons. The summed E-state index contributed by atoms with van der Waals surface area (Å²) in [5.41, 5.74) is 2.00. The Bertz CT molecular complexity index is 725. The maximum Gasteiger partial charge on any atom is 0.180 e. The predicted molar refractivity (Wildman–Crippen MR) is 66.9 cm³/mol. The Hall–Kier alpha value is -2.34. The van der Waals surface area contributed by atoms with E-state index in [-0.39, 0.29) is 5.82 Å². The Kier molecular flexibility index (Phi) is 2.92. The summed E-state index contributed by atoms with van der Waals surface area (Å²) in [5.74, 6) is 0.316. The molecule has 0 fully saturated rings. The molecule has 2 heterocycles. The largest absolute Gasteiger partial charge is 0.377 e. The molecule has 0 saturated heterocycles. The van der Waals surface area contributed by atoms with E-state index in [4.69, 9.17) is 4.74 Å². The van der Waals surface area contributed by atoms with Crippen LogP contribution in [0.1, 0.15) is 5.82 Å². The topological polar surface area (TPSA) is 52.3 Å². The minimum atomic E-state index is -0.291. The molecule has 0 aliphatic heterocycles. The lowest BCUT2D eigenvalue weighted by molar-refractivity contribution is 0.176. The number of rotatable bonds is 3. The third-order valence-corrected chi connectivity index (χ3v) is 2.72. The van der Waals surface area contributed by atoms with Crippen molar-refractivity contribution in [3.63, 3.8) is 0 Å². The maximum absolute atomic E-state index is 13.2. The van der Waals surface area contributed by atoms with Crippen LogP contribution in [0, 0.1) is 5.82 Å². The van der Waals surface area contributed by atoms with Crippen LogP contribution in [0.5, 0.6) is 0 Å². The lowest BCUT2D eigenvalue weighted by Crippen LogP contribution is -2.01. The van der Waals surface area contributed by atoms with Gasteiger partial charge < -0.3 is 4.74 Å². The van der Waals surface area contributed by atoms with Crippen LogP contribution in [0.15, 0.2) is 36.4 Å². The van der Waals surface area contributed by atoms with Crippen LogP contribution in [0.2, 0.25) is 0 Å². The molecule has 0 N–H and O–H groups in total. The van der Waals surface area contributed by atoms with Gasteiger partial charge in [0.05, 0.1) is 5.69 Å². The van der Waals surface area contributed by atoms with Gasteiger partial charge in [-0.1, -0.05) is 12.1 Å². The highest BCUT2D eigenvalue weighted by Gasteiger charge is 2.08. The normalized spacial score (nSPS) is 11.1. The lowest BCUT2D eigenvalue weighted by Gasteiger charge is -2.03. The summed E-state index contributed by atoms with van der Waals surface area (Å²) in [5, 5.41) is 12.4. The second-order valence-corrected chi connectivity index (χ2v) is 4.05. The number of hydrogen-bond donors (Lipinski definition) is 0. The molecule has 0 amide bonds. The number of methoxy groups -OCH3 is 1. The van der Waals surface area contributed by atoms with Crippen LogP contribution in [0.3, 0.4) is 0 Å². The van der Waals surface area contributed by atoms with E-state index < -0.39 is 0 Å². The van der Waals surface area contributed by atoms with Gasteiger partial charge in [-0.25, -0.2) is 4.39 Å². The van der Waals surface area contributed by atoms with Crippen molar-refractivity contribution in [2.45, 2.75) is 6.61 Å². The van der Waals surface area contributed by atoms with Crippen LogP contribution in [0.4, 0.5) is 4.39 Å². The molecule has 0 bridgehead atoms. The Morgan fingerprint density at radius 2 is 2.11 bits per heavy atom. The fraction of sp³-hybridized carbons (Fsp3) is 0.154. The van der Waals surface area contributed by atoms with Crippen LogP contribution >= 0.6 is 0 Å². The quantitative estimate of drug-likeness (QED) is 0.721. The molecule has 0 atom stereocenters. The number of hydrogen-bond acceptors (Lipinski definition) is 4. The van der Waals surface area contributed by atoms with Gasteiger partial charge in [-0.15, -0.1) is 10.2 Å². The average Bonchev–Trinajstić information content (AvgIpc) is 2.82. The molecule has 0 saturated carbocycles. The number of halogens is 1. The van der Waals surface area contributed by atoms with E-state index in [2.05, 4.69) is 15.3 Å². The summed E-state index contributed by atoms with van der Waals surface area (Å²) in [7, 11) is 1.58. The number of benzene rings is 1. The molecule has 2 aromatic heterocycles. The SMILES string of the molecule is COCc1nnc2ccc(-c3cccc(F)c3)nn12. The molecule has 5 nitrogen and oxygen atoms in total. The number of aromatic nitrogens is 4. The number of fused-ring (bicyclic) bond motifs is 1. The first-order valence-corrected chi connectivity index (χ1v) is 5.74. The van der Waals surface area contributed by atoms with Crippen molar-refractivity contribution in [3.05, 3.63) is 48.0 Å². The van der Waals surface area contributed by atoms with Crippen LogP contribution in [0.25, 0.3) is 16.9 Å². The molecular weight excluding hydrogens is 247 g/mol. The summed E-state index contributed by atoms with van der Waals surface area (Å²) >= 11 is 0. The number of nitrogens with zero attached hydrogens (tertiary/aromatic N) is 4. The summed E-state index contributed by atoms with van der Waals surface area (Å²) < 4.78 is 19.9. The summed E-state index contributed by atoms with van der Waals surface area (Å²) in [6.07, 6.45) is 0. The van der Waals surface area contributed by atoms with E-state index in [0.717, 1.165) is 0 Å². The Labute approximate surface area is 108 Å². The monoisotopic (exact) mass is 258 g/mol. The van der Waals surface area contributed by atoms with E-state index in [9.17, 15) is 4.39 Å². The molecule has 6 heteroatoms. The van der Waals surface area contributed by atoms with Crippen molar-refractivity contribution in [2.24, 2.45) is 0 Å². The minimum Gasteiger partial charge on any atom is -0.377 e. The van der Waals surface area contributed by atoms with Crippen molar-refractivity contribution in [1.29, 1.82) is 0 Å². The van der Waals surface area contributed by atoms with E-state index >= 15 is 0 Å². The molecule has 0 aliphatic carbocycles. The predicted octanol–water partition coefficient (Wildman–Crippen LogP) is 2.08. The molecule has 0 unspecified atom stereocenters. The van der Waals surface area contributed by atoms with Crippen molar-refractivity contribution in [3.8, 4) is 11.3 Å². The Morgan fingerprint density at radius 3 is 2.89 bits per heavy atom. The minimum absolute atomic E-state index is 0.291. The molecule has 0 aliphatic rings. The van der Waals surface area contributed by atoms with Gasteiger partial charge in [-0.3, -0.25) is 0 Å². The van der Waals surface area contributed by atoms with Gasteiger partial charge in [-0.2, -0.15) is 9.61 Å². The summed E-state index contributed by atoms with van der Waals surface area (Å²) in [6.45, 7) is 0.320. The molecule has 3 aromatic rings. The van der Waals surface area contributed by atoms with E-state index in [1.54, 1.807) is 35.9 Å². The smallest absolute Gasteiger partial charge is 0.180 e. The third-order valence-electron chi connectivity index (χ3n) is 2.72. The third kappa shape index (κ3) is 2.17. The fourth-order valence-electron chi connectivity index (χ4n) is 1.85. The molecule has 19 heavy (non-hydrogen) atoms. The average molecular weight is 258 g/mol. The van der Waals surface area contributed by atoms with E-state index in [1.807, 2.05) is 0 Å². The Morgan fingerprint density at radius 1 is 1.21 bits per heavy atom. The molecule has 3 rings (SSSR count). The van der Waals surface area contributed by atoms with Crippen LogP contribution in [-0.4, -0.2) is 26.9 Å². The van der Waals surface area contributed by atoms with Gasteiger partial charge in [0, 0.05) is 12.7 Å². The van der Waals surface area contributed by atoms with E-state index in [1.165, 1.54) is 12.1 Å². The van der Waals surface area contributed by atoms with Gasteiger partial charge in [0.1, 0.15) is 12.4 Å². The van der Waals surface area contributed by atoms with Crippen LogP contribution < -0.4 is 0 Å². The zero-order valence-electron chi connectivity index (χ0n) is 10.2. The first-order valence-electron chi connectivity index (χ1n) is 5.74. The molecular formula is C13H11FN4O. The zero-order valence-corrected chi connectivity index (χ0v) is 10.2. The van der Waals surface area contributed by atoms with Gasteiger partial charge in [0.15, 0.2) is 11.5 Å². The van der Waals surface area contributed by atoms with Crippen LogP contribution in [-0.2, 0) is 11.3 Å². The highest BCUT2D eigenvalue weighted by molar-refractivity contribution is 5.60. The summed E-state index contributed by atoms with van der Waals surface area (Å²) in [6, 6.07) is 9.87. The maximum atomic E-state index is 13.2. The highest BCUT2D eigenvalue weighted by atomic mass is 19.1.